The fraction of sp³-hybridized carbons (Fsp3) is 0.348. The van der Waals surface area contributed by atoms with E-state index in [1.54, 1.807) is 33.5 Å². The number of methoxy groups -OCH3 is 3. The van der Waals surface area contributed by atoms with Gasteiger partial charge in [-0.3, -0.25) is 4.79 Å². The molecule has 2 heterocycles. The highest BCUT2D eigenvalue weighted by atomic mass is 16.5. The molecule has 0 radical (unpaired) electrons. The monoisotopic (exact) mass is 437 g/mol. The van der Waals surface area contributed by atoms with E-state index >= 15 is 0 Å². The van der Waals surface area contributed by atoms with Gasteiger partial charge in [0.1, 0.15) is 11.6 Å². The first-order valence-corrected chi connectivity index (χ1v) is 10.4. The van der Waals surface area contributed by atoms with E-state index in [9.17, 15) is 4.79 Å². The number of ether oxygens (including phenoxy) is 3. The Kier molecular flexibility index (Phi) is 6.16. The summed E-state index contributed by atoms with van der Waals surface area (Å²) in [5.74, 6) is 2.92. The maximum atomic E-state index is 12.8. The van der Waals surface area contributed by atoms with Crippen LogP contribution < -0.4 is 24.8 Å². The average molecular weight is 438 g/mol. The molecular weight excluding hydrogens is 410 g/mol. The molecule has 0 aliphatic carbocycles. The van der Waals surface area contributed by atoms with Crippen LogP contribution in [0.1, 0.15) is 5.56 Å². The summed E-state index contributed by atoms with van der Waals surface area (Å²) in [4.78, 5) is 25.8. The molecule has 3 aromatic rings. The molecule has 32 heavy (non-hydrogen) atoms. The summed E-state index contributed by atoms with van der Waals surface area (Å²) in [5.41, 5.74) is 7.83. The van der Waals surface area contributed by atoms with Crippen molar-refractivity contribution in [3.05, 3.63) is 42.0 Å². The Morgan fingerprint density at radius 3 is 2.38 bits per heavy atom. The number of aromatic nitrogens is 2. The average Bonchev–Trinajstić information content (AvgIpc) is 2.83. The Morgan fingerprint density at radius 1 is 0.969 bits per heavy atom. The number of fused-ring (bicyclic) bond motifs is 1. The minimum atomic E-state index is 0.0914. The van der Waals surface area contributed by atoms with E-state index in [1.165, 1.54) is 0 Å². The van der Waals surface area contributed by atoms with Gasteiger partial charge in [-0.25, -0.2) is 4.98 Å². The van der Waals surface area contributed by atoms with E-state index in [2.05, 4.69) is 9.97 Å². The fourth-order valence-electron chi connectivity index (χ4n) is 3.83. The fourth-order valence-corrected chi connectivity index (χ4v) is 3.83. The van der Waals surface area contributed by atoms with Crippen LogP contribution in [0.25, 0.3) is 10.9 Å². The number of hydrogen-bond acceptors (Lipinski definition) is 8. The molecule has 9 nitrogen and oxygen atoms in total. The van der Waals surface area contributed by atoms with Gasteiger partial charge < -0.3 is 29.7 Å². The Balaban J connectivity index is 1.46. The van der Waals surface area contributed by atoms with E-state index in [1.807, 2.05) is 34.1 Å². The largest absolute Gasteiger partial charge is 0.497 e. The first-order valence-electron chi connectivity index (χ1n) is 10.4. The van der Waals surface area contributed by atoms with Crippen LogP contribution in [0.15, 0.2) is 36.4 Å². The zero-order valence-corrected chi connectivity index (χ0v) is 18.5. The normalized spacial score (nSPS) is 13.8. The Labute approximate surface area is 186 Å². The van der Waals surface area contributed by atoms with Crippen molar-refractivity contribution in [2.24, 2.45) is 0 Å². The molecule has 2 aromatic carbocycles. The van der Waals surface area contributed by atoms with Gasteiger partial charge in [-0.05, 0) is 23.8 Å². The quantitative estimate of drug-likeness (QED) is 0.626. The van der Waals surface area contributed by atoms with Crippen LogP contribution in [-0.2, 0) is 11.2 Å². The molecule has 1 saturated heterocycles. The second kappa shape index (κ2) is 9.17. The number of benzene rings is 2. The van der Waals surface area contributed by atoms with Crippen LogP contribution in [0, 0.1) is 0 Å². The molecule has 1 aliphatic heterocycles. The molecule has 0 saturated carbocycles. The summed E-state index contributed by atoms with van der Waals surface area (Å²) in [7, 11) is 4.77. The van der Waals surface area contributed by atoms with Gasteiger partial charge in [-0.15, -0.1) is 0 Å². The number of nitrogens with zero attached hydrogens (tertiary/aromatic N) is 4. The van der Waals surface area contributed by atoms with E-state index in [4.69, 9.17) is 19.9 Å². The van der Waals surface area contributed by atoms with Crippen molar-refractivity contribution in [1.29, 1.82) is 0 Å². The number of anilines is 2. The minimum Gasteiger partial charge on any atom is -0.497 e. The van der Waals surface area contributed by atoms with Crippen LogP contribution in [0.5, 0.6) is 17.2 Å². The molecular formula is C23H27N5O4. The van der Waals surface area contributed by atoms with Crippen LogP contribution in [-0.4, -0.2) is 68.3 Å². The molecule has 2 N–H and O–H groups in total. The van der Waals surface area contributed by atoms with Gasteiger partial charge in [0.15, 0.2) is 11.5 Å². The second-order valence-corrected chi connectivity index (χ2v) is 7.53. The maximum Gasteiger partial charge on any atom is 0.228 e. The molecule has 0 unspecified atom stereocenters. The van der Waals surface area contributed by atoms with E-state index in [-0.39, 0.29) is 5.91 Å². The molecule has 1 aromatic heterocycles. The summed E-state index contributed by atoms with van der Waals surface area (Å²) in [5, 5.41) is 0.707. The van der Waals surface area contributed by atoms with Crippen molar-refractivity contribution < 1.29 is 19.0 Å². The maximum absolute atomic E-state index is 12.8. The third-order valence-corrected chi connectivity index (χ3v) is 5.62. The summed E-state index contributed by atoms with van der Waals surface area (Å²) in [6, 6.07) is 11.2. The van der Waals surface area contributed by atoms with Gasteiger partial charge in [0, 0.05) is 37.6 Å². The third-order valence-electron chi connectivity index (χ3n) is 5.62. The van der Waals surface area contributed by atoms with Crippen molar-refractivity contribution in [3.63, 3.8) is 0 Å². The van der Waals surface area contributed by atoms with Crippen LogP contribution in [0.3, 0.4) is 0 Å². The third kappa shape index (κ3) is 4.32. The number of nitrogens with two attached hydrogens (primary N) is 1. The van der Waals surface area contributed by atoms with Crippen molar-refractivity contribution in [3.8, 4) is 17.2 Å². The van der Waals surface area contributed by atoms with Crippen molar-refractivity contribution >= 4 is 28.6 Å². The number of nitrogen functional groups attached to an aromatic ring is 1. The lowest BCUT2D eigenvalue weighted by Crippen LogP contribution is -2.49. The summed E-state index contributed by atoms with van der Waals surface area (Å²) < 4.78 is 16.0. The van der Waals surface area contributed by atoms with Gasteiger partial charge in [-0.2, -0.15) is 4.98 Å². The lowest BCUT2D eigenvalue weighted by Gasteiger charge is -2.35. The molecule has 1 aliphatic rings. The van der Waals surface area contributed by atoms with E-state index in [0.717, 1.165) is 11.3 Å². The Morgan fingerprint density at radius 2 is 1.69 bits per heavy atom. The molecule has 0 atom stereocenters. The van der Waals surface area contributed by atoms with Gasteiger partial charge in [0.2, 0.25) is 11.9 Å². The highest BCUT2D eigenvalue weighted by Crippen LogP contribution is 2.34. The number of amides is 1. The van der Waals surface area contributed by atoms with Crippen molar-refractivity contribution in [2.45, 2.75) is 6.42 Å². The lowest BCUT2D eigenvalue weighted by atomic mass is 10.1. The van der Waals surface area contributed by atoms with Gasteiger partial charge in [0.25, 0.3) is 0 Å². The first-order chi connectivity index (χ1) is 15.5. The highest BCUT2D eigenvalue weighted by molar-refractivity contribution is 5.91. The molecule has 4 rings (SSSR count). The SMILES string of the molecule is COc1cccc(CC(=O)N2CCN(c3nc(N)c4cc(OC)c(OC)cc4n3)CC2)c1. The molecule has 168 valence electrons. The zero-order valence-electron chi connectivity index (χ0n) is 18.5. The summed E-state index contributed by atoms with van der Waals surface area (Å²) in [6.07, 6.45) is 0.345. The Hall–Kier alpha value is -3.75. The predicted octanol–water partition coefficient (Wildman–Crippen LogP) is 2.13. The highest BCUT2D eigenvalue weighted by Gasteiger charge is 2.24. The summed E-state index contributed by atoms with van der Waals surface area (Å²) in [6.45, 7) is 2.44. The number of carbonyl (C=O) groups is 1. The topological polar surface area (TPSA) is 103 Å². The molecule has 0 bridgehead atoms. The number of hydrogen-bond donors (Lipinski definition) is 1. The van der Waals surface area contributed by atoms with Crippen LogP contribution >= 0.6 is 0 Å². The van der Waals surface area contributed by atoms with Crippen molar-refractivity contribution in [2.75, 3.05) is 58.1 Å². The van der Waals surface area contributed by atoms with Gasteiger partial charge in [0.05, 0.1) is 33.3 Å². The van der Waals surface area contributed by atoms with Crippen LogP contribution in [0.4, 0.5) is 11.8 Å². The molecule has 9 heteroatoms. The molecule has 1 amide bonds. The first kappa shape index (κ1) is 21.5. The number of carbonyl (C=O) groups excluding carboxylic acids is 1. The minimum absolute atomic E-state index is 0.0914. The molecule has 1 fully saturated rings. The smallest absolute Gasteiger partial charge is 0.228 e. The molecule has 0 spiro atoms. The lowest BCUT2D eigenvalue weighted by molar-refractivity contribution is -0.130. The van der Waals surface area contributed by atoms with Crippen LogP contribution in [0.2, 0.25) is 0 Å². The van der Waals surface area contributed by atoms with Gasteiger partial charge in [-0.1, -0.05) is 12.1 Å². The van der Waals surface area contributed by atoms with E-state index < -0.39 is 0 Å². The summed E-state index contributed by atoms with van der Waals surface area (Å²) >= 11 is 0. The standard InChI is InChI=1S/C23H27N5O4/c1-30-16-6-4-5-15(11-16)12-21(29)27-7-9-28(10-8-27)23-25-18-14-20(32-3)19(31-2)13-17(18)22(24)26-23/h4-6,11,13-14H,7-10,12H2,1-3H3,(H2,24,25,26). The van der Waals surface area contributed by atoms with Gasteiger partial charge >= 0.3 is 0 Å². The zero-order chi connectivity index (χ0) is 22.7. The number of rotatable bonds is 6. The second-order valence-electron chi connectivity index (χ2n) is 7.53. The predicted molar refractivity (Wildman–Crippen MR) is 123 cm³/mol. The van der Waals surface area contributed by atoms with E-state index in [0.29, 0.717) is 66.8 Å². The van der Waals surface area contributed by atoms with Crippen molar-refractivity contribution in [1.82, 2.24) is 14.9 Å². The Bertz CT molecular complexity index is 1130. The number of piperazine rings is 1.